The fraction of sp³-hybridized carbons (Fsp3) is 0.316. The predicted molar refractivity (Wildman–Crippen MR) is 101 cm³/mol. The molecule has 3 rings (SSSR count). The van der Waals surface area contributed by atoms with Crippen LogP contribution in [0, 0.1) is 24.2 Å². The third-order valence-corrected chi connectivity index (χ3v) is 5.02. The van der Waals surface area contributed by atoms with Crippen molar-refractivity contribution in [1.29, 1.82) is 5.26 Å². The van der Waals surface area contributed by atoms with E-state index in [-0.39, 0.29) is 11.8 Å². The van der Waals surface area contributed by atoms with Gasteiger partial charge in [-0.05, 0) is 55.7 Å². The maximum Gasteiger partial charge on any atom is 0.227 e. The molecule has 0 bridgehead atoms. The van der Waals surface area contributed by atoms with Gasteiger partial charge in [0.15, 0.2) is 0 Å². The van der Waals surface area contributed by atoms with E-state index in [0.29, 0.717) is 5.69 Å². The van der Waals surface area contributed by atoms with Crippen molar-refractivity contribution in [3.8, 4) is 6.07 Å². The summed E-state index contributed by atoms with van der Waals surface area (Å²) in [6.45, 7) is 3.41. The molecule has 0 atom stereocenters. The molecule has 0 unspecified atom stereocenters. The lowest BCUT2D eigenvalue weighted by Crippen LogP contribution is -2.38. The zero-order valence-electron chi connectivity index (χ0n) is 14.0. The van der Waals surface area contributed by atoms with Crippen LogP contribution in [-0.2, 0) is 4.79 Å². The maximum absolute atomic E-state index is 12.4. The van der Waals surface area contributed by atoms with Crippen molar-refractivity contribution in [2.24, 2.45) is 5.92 Å². The van der Waals surface area contributed by atoms with Gasteiger partial charge in [0.1, 0.15) is 17.6 Å². The van der Waals surface area contributed by atoms with Crippen LogP contribution < -0.4 is 10.2 Å². The van der Waals surface area contributed by atoms with Crippen LogP contribution in [0.5, 0.6) is 0 Å². The first kappa shape index (κ1) is 17.4. The van der Waals surface area contributed by atoms with Crippen molar-refractivity contribution in [3.05, 3.63) is 52.1 Å². The largest absolute Gasteiger partial charge is 0.357 e. The summed E-state index contributed by atoms with van der Waals surface area (Å²) < 4.78 is 0.987. The second kappa shape index (κ2) is 7.66. The minimum Gasteiger partial charge on any atom is -0.357 e. The number of aromatic nitrogens is 1. The summed E-state index contributed by atoms with van der Waals surface area (Å²) in [5, 5.41) is 12.1. The number of rotatable bonds is 3. The molecule has 2 aromatic rings. The zero-order chi connectivity index (χ0) is 17.8. The van der Waals surface area contributed by atoms with Crippen molar-refractivity contribution in [2.75, 3.05) is 23.3 Å². The van der Waals surface area contributed by atoms with E-state index >= 15 is 0 Å². The average Bonchev–Trinajstić information content (AvgIpc) is 2.64. The number of nitrogens with one attached hydrogen (secondary N) is 1. The first-order valence-electron chi connectivity index (χ1n) is 8.26. The first-order chi connectivity index (χ1) is 12.1. The minimum atomic E-state index is 0.000724. The molecular formula is C19H19BrN4O. The average molecular weight is 399 g/mol. The molecule has 0 aliphatic carbocycles. The van der Waals surface area contributed by atoms with Gasteiger partial charge < -0.3 is 10.2 Å². The summed E-state index contributed by atoms with van der Waals surface area (Å²) in [6, 6.07) is 13.6. The molecule has 0 spiro atoms. The number of piperidine rings is 1. The Bertz CT molecular complexity index is 805. The standard InChI is InChI=1S/C19H19BrN4O/c1-13-2-7-18(23-17(13)12-21)24-10-8-14(9-11-24)19(25)22-16-5-3-15(20)4-6-16/h2-7,14H,8-11H2,1H3,(H,22,25). The molecule has 0 radical (unpaired) electrons. The lowest BCUT2D eigenvalue weighted by Gasteiger charge is -2.32. The van der Waals surface area contributed by atoms with Crippen LogP contribution in [0.15, 0.2) is 40.9 Å². The van der Waals surface area contributed by atoms with E-state index < -0.39 is 0 Å². The maximum atomic E-state index is 12.4. The van der Waals surface area contributed by atoms with Crippen LogP contribution in [0.2, 0.25) is 0 Å². The molecule has 1 amide bonds. The number of hydrogen-bond donors (Lipinski definition) is 1. The first-order valence-corrected chi connectivity index (χ1v) is 9.05. The quantitative estimate of drug-likeness (QED) is 0.851. The Balaban J connectivity index is 1.59. The number of hydrogen-bond acceptors (Lipinski definition) is 4. The summed E-state index contributed by atoms with van der Waals surface area (Å²) in [7, 11) is 0. The Morgan fingerprint density at radius 3 is 2.56 bits per heavy atom. The van der Waals surface area contributed by atoms with Crippen LogP contribution in [0.1, 0.15) is 24.1 Å². The van der Waals surface area contributed by atoms with Crippen LogP contribution in [-0.4, -0.2) is 24.0 Å². The minimum absolute atomic E-state index is 0.000724. The number of aryl methyl sites for hydroxylation is 1. The lowest BCUT2D eigenvalue weighted by molar-refractivity contribution is -0.120. The number of benzene rings is 1. The molecule has 1 aromatic heterocycles. The molecule has 0 saturated carbocycles. The van der Waals surface area contributed by atoms with Gasteiger partial charge in [-0.15, -0.1) is 0 Å². The van der Waals surface area contributed by atoms with E-state index in [1.165, 1.54) is 0 Å². The molecule has 1 aromatic carbocycles. The van der Waals surface area contributed by atoms with E-state index in [0.717, 1.165) is 47.5 Å². The van der Waals surface area contributed by atoms with Crippen LogP contribution in [0.4, 0.5) is 11.5 Å². The van der Waals surface area contributed by atoms with E-state index in [1.807, 2.05) is 43.3 Å². The lowest BCUT2D eigenvalue weighted by atomic mass is 9.95. The smallest absolute Gasteiger partial charge is 0.227 e. The normalized spacial score (nSPS) is 14.8. The summed E-state index contributed by atoms with van der Waals surface area (Å²) >= 11 is 3.39. The van der Waals surface area contributed by atoms with Gasteiger partial charge >= 0.3 is 0 Å². The van der Waals surface area contributed by atoms with Crippen molar-refractivity contribution in [3.63, 3.8) is 0 Å². The highest BCUT2D eigenvalue weighted by atomic mass is 79.9. The molecule has 1 saturated heterocycles. The van der Waals surface area contributed by atoms with Crippen molar-refractivity contribution >= 4 is 33.3 Å². The third-order valence-electron chi connectivity index (χ3n) is 4.49. The van der Waals surface area contributed by atoms with Crippen molar-refractivity contribution in [2.45, 2.75) is 19.8 Å². The van der Waals surface area contributed by atoms with Gasteiger partial charge in [0.2, 0.25) is 5.91 Å². The van der Waals surface area contributed by atoms with Crippen molar-refractivity contribution in [1.82, 2.24) is 4.98 Å². The highest BCUT2D eigenvalue weighted by Gasteiger charge is 2.26. The molecule has 6 heteroatoms. The fourth-order valence-corrected chi connectivity index (χ4v) is 3.22. The van der Waals surface area contributed by atoms with Gasteiger partial charge in [-0.25, -0.2) is 4.98 Å². The summed E-state index contributed by atoms with van der Waals surface area (Å²) in [4.78, 5) is 19.0. The van der Waals surface area contributed by atoms with E-state index in [4.69, 9.17) is 5.26 Å². The molecule has 2 heterocycles. The molecule has 5 nitrogen and oxygen atoms in total. The van der Waals surface area contributed by atoms with Crippen LogP contribution in [0.25, 0.3) is 0 Å². The Morgan fingerprint density at radius 1 is 1.24 bits per heavy atom. The highest BCUT2D eigenvalue weighted by molar-refractivity contribution is 9.10. The monoisotopic (exact) mass is 398 g/mol. The topological polar surface area (TPSA) is 69.0 Å². The number of halogens is 1. The number of carbonyl (C=O) groups excluding carboxylic acids is 1. The Kier molecular flexibility index (Phi) is 5.34. The SMILES string of the molecule is Cc1ccc(N2CCC(C(=O)Nc3ccc(Br)cc3)CC2)nc1C#N. The Morgan fingerprint density at radius 2 is 1.92 bits per heavy atom. The number of nitrogens with zero attached hydrogens (tertiary/aromatic N) is 3. The fourth-order valence-electron chi connectivity index (χ4n) is 2.96. The van der Waals surface area contributed by atoms with E-state index in [2.05, 4.69) is 37.2 Å². The van der Waals surface area contributed by atoms with Gasteiger partial charge in [-0.1, -0.05) is 22.0 Å². The Labute approximate surface area is 155 Å². The zero-order valence-corrected chi connectivity index (χ0v) is 15.6. The number of amides is 1. The van der Waals surface area contributed by atoms with Gasteiger partial charge in [0, 0.05) is 29.2 Å². The summed E-state index contributed by atoms with van der Waals surface area (Å²) in [6.07, 6.45) is 1.56. The predicted octanol–water partition coefficient (Wildman–Crippen LogP) is 3.88. The highest BCUT2D eigenvalue weighted by Crippen LogP contribution is 2.24. The molecule has 1 aliphatic rings. The molecule has 128 valence electrons. The van der Waals surface area contributed by atoms with Gasteiger partial charge in [0.25, 0.3) is 0 Å². The van der Waals surface area contributed by atoms with E-state index in [1.54, 1.807) is 0 Å². The third kappa shape index (κ3) is 4.18. The molecule has 1 aliphatic heterocycles. The number of anilines is 2. The van der Waals surface area contributed by atoms with Crippen LogP contribution >= 0.6 is 15.9 Å². The van der Waals surface area contributed by atoms with Crippen LogP contribution in [0.3, 0.4) is 0 Å². The molecular weight excluding hydrogens is 380 g/mol. The van der Waals surface area contributed by atoms with Crippen molar-refractivity contribution < 1.29 is 4.79 Å². The number of pyridine rings is 1. The summed E-state index contributed by atoms with van der Waals surface area (Å²) in [5.74, 6) is 0.881. The molecule has 1 fully saturated rings. The molecule has 1 N–H and O–H groups in total. The Hall–Kier alpha value is -2.39. The number of carbonyl (C=O) groups is 1. The van der Waals surface area contributed by atoms with E-state index in [9.17, 15) is 4.79 Å². The second-order valence-electron chi connectivity index (χ2n) is 6.20. The van der Waals surface area contributed by atoms with Gasteiger partial charge in [-0.3, -0.25) is 4.79 Å². The second-order valence-corrected chi connectivity index (χ2v) is 7.12. The summed E-state index contributed by atoms with van der Waals surface area (Å²) in [5.41, 5.74) is 2.16. The van der Waals surface area contributed by atoms with Gasteiger partial charge in [0.05, 0.1) is 0 Å². The number of nitriles is 1. The molecule has 25 heavy (non-hydrogen) atoms. The van der Waals surface area contributed by atoms with Gasteiger partial charge in [-0.2, -0.15) is 5.26 Å².